The Kier molecular flexibility index (Phi) is 4.06. The predicted octanol–water partition coefficient (Wildman–Crippen LogP) is 0.598. The molecule has 17 heavy (non-hydrogen) atoms. The maximum Gasteiger partial charge on any atom is 0.248 e. The van der Waals surface area contributed by atoms with E-state index in [1.807, 2.05) is 12.3 Å². The fraction of sp³-hybridized carbons (Fsp3) is 0.500. The molecule has 1 amide bonds. The molecule has 1 unspecified atom stereocenters. The van der Waals surface area contributed by atoms with Crippen LogP contribution in [0, 0.1) is 0 Å². The molecule has 0 aromatic carbocycles. The molecule has 5 heteroatoms. The molecule has 92 valence electrons. The number of carbonyl (C=O) groups excluding carboxylic acids is 1. The summed E-state index contributed by atoms with van der Waals surface area (Å²) in [4.78, 5) is 17.7. The summed E-state index contributed by atoms with van der Waals surface area (Å²) in [6.07, 6.45) is 7.05. The van der Waals surface area contributed by atoms with Crippen molar-refractivity contribution in [2.24, 2.45) is 5.84 Å². The molecular formula is C12H18N4O. The predicted molar refractivity (Wildman–Crippen MR) is 64.7 cm³/mol. The van der Waals surface area contributed by atoms with Crippen molar-refractivity contribution >= 4 is 5.91 Å². The normalized spacial score (nSPS) is 21.1. The second-order valence-corrected chi connectivity index (χ2v) is 4.34. The Morgan fingerprint density at radius 1 is 1.59 bits per heavy atom. The molecule has 3 N–H and O–H groups in total. The molecule has 0 aliphatic carbocycles. The molecule has 1 fully saturated rings. The molecule has 0 spiro atoms. The number of piperidine rings is 1. The number of pyridine rings is 1. The van der Waals surface area contributed by atoms with Crippen molar-refractivity contribution in [3.05, 3.63) is 30.1 Å². The van der Waals surface area contributed by atoms with E-state index in [0.29, 0.717) is 6.54 Å². The zero-order valence-corrected chi connectivity index (χ0v) is 9.80. The Morgan fingerprint density at radius 3 is 3.18 bits per heavy atom. The highest BCUT2D eigenvalue weighted by molar-refractivity contribution is 5.77. The van der Waals surface area contributed by atoms with Gasteiger partial charge in [-0.2, -0.15) is 0 Å². The van der Waals surface area contributed by atoms with Gasteiger partial charge in [-0.05, 0) is 31.0 Å². The highest BCUT2D eigenvalue weighted by atomic mass is 16.2. The van der Waals surface area contributed by atoms with Crippen LogP contribution in [0.2, 0.25) is 0 Å². The van der Waals surface area contributed by atoms with E-state index < -0.39 is 0 Å². The fourth-order valence-corrected chi connectivity index (χ4v) is 2.36. The van der Waals surface area contributed by atoms with Gasteiger partial charge in [0.15, 0.2) is 0 Å². The lowest BCUT2D eigenvalue weighted by Crippen LogP contribution is -2.43. The van der Waals surface area contributed by atoms with Gasteiger partial charge < -0.3 is 0 Å². The standard InChI is InChI=1S/C12H18N4O/c13-15-12(17)9-16-7-2-1-5-11(16)10-4-3-6-14-8-10/h3-4,6,8,11H,1-2,5,7,9,13H2,(H,15,17). The monoisotopic (exact) mass is 234 g/mol. The first-order chi connectivity index (χ1) is 8.31. The maximum atomic E-state index is 11.4. The van der Waals surface area contributed by atoms with Crippen molar-refractivity contribution < 1.29 is 4.79 Å². The third-order valence-electron chi connectivity index (χ3n) is 3.19. The molecule has 1 atom stereocenters. The lowest BCUT2D eigenvalue weighted by Gasteiger charge is -2.35. The molecule has 2 heterocycles. The first kappa shape index (κ1) is 12.0. The molecule has 1 aliphatic heterocycles. The topological polar surface area (TPSA) is 71.2 Å². The molecule has 2 rings (SSSR count). The average Bonchev–Trinajstić information content (AvgIpc) is 2.40. The minimum Gasteiger partial charge on any atom is -0.293 e. The summed E-state index contributed by atoms with van der Waals surface area (Å²) < 4.78 is 0. The summed E-state index contributed by atoms with van der Waals surface area (Å²) >= 11 is 0. The van der Waals surface area contributed by atoms with Gasteiger partial charge in [0.05, 0.1) is 6.54 Å². The van der Waals surface area contributed by atoms with Crippen molar-refractivity contribution in [1.29, 1.82) is 0 Å². The van der Waals surface area contributed by atoms with Crippen LogP contribution in [0.25, 0.3) is 0 Å². The van der Waals surface area contributed by atoms with E-state index in [4.69, 9.17) is 5.84 Å². The quantitative estimate of drug-likeness (QED) is 0.456. The number of nitrogens with two attached hydrogens (primary N) is 1. The van der Waals surface area contributed by atoms with Crippen LogP contribution in [0.15, 0.2) is 24.5 Å². The van der Waals surface area contributed by atoms with Crippen molar-refractivity contribution in [3.63, 3.8) is 0 Å². The SMILES string of the molecule is NNC(=O)CN1CCCCC1c1cccnc1. The van der Waals surface area contributed by atoms with Crippen molar-refractivity contribution in [2.45, 2.75) is 25.3 Å². The van der Waals surface area contributed by atoms with E-state index in [2.05, 4.69) is 21.4 Å². The van der Waals surface area contributed by atoms with E-state index in [9.17, 15) is 4.79 Å². The Bertz CT molecular complexity index is 368. The number of carbonyl (C=O) groups is 1. The van der Waals surface area contributed by atoms with E-state index >= 15 is 0 Å². The minimum atomic E-state index is -0.138. The smallest absolute Gasteiger partial charge is 0.248 e. The Hall–Kier alpha value is -1.46. The lowest BCUT2D eigenvalue weighted by molar-refractivity contribution is -0.123. The number of amides is 1. The van der Waals surface area contributed by atoms with Gasteiger partial charge in [-0.1, -0.05) is 12.5 Å². The average molecular weight is 234 g/mol. The number of aromatic nitrogens is 1. The van der Waals surface area contributed by atoms with Crippen molar-refractivity contribution in [1.82, 2.24) is 15.3 Å². The van der Waals surface area contributed by atoms with Crippen LogP contribution in [-0.4, -0.2) is 28.9 Å². The van der Waals surface area contributed by atoms with Gasteiger partial charge >= 0.3 is 0 Å². The van der Waals surface area contributed by atoms with Gasteiger partial charge in [0.25, 0.3) is 0 Å². The summed E-state index contributed by atoms with van der Waals surface area (Å²) in [5.41, 5.74) is 3.37. The summed E-state index contributed by atoms with van der Waals surface area (Å²) in [5.74, 6) is 5.00. The summed E-state index contributed by atoms with van der Waals surface area (Å²) in [7, 11) is 0. The zero-order chi connectivity index (χ0) is 12.1. The molecule has 1 saturated heterocycles. The Balaban J connectivity index is 2.09. The minimum absolute atomic E-state index is 0.138. The highest BCUT2D eigenvalue weighted by Crippen LogP contribution is 2.29. The van der Waals surface area contributed by atoms with E-state index in [-0.39, 0.29) is 11.9 Å². The molecule has 1 aromatic heterocycles. The summed E-state index contributed by atoms with van der Waals surface area (Å²) in [6.45, 7) is 1.29. The molecule has 0 saturated carbocycles. The molecule has 0 radical (unpaired) electrons. The van der Waals surface area contributed by atoms with Gasteiger partial charge in [0, 0.05) is 18.4 Å². The van der Waals surface area contributed by atoms with E-state index in [0.717, 1.165) is 19.4 Å². The van der Waals surface area contributed by atoms with E-state index in [1.54, 1.807) is 6.20 Å². The van der Waals surface area contributed by atoms with Crippen LogP contribution in [0.1, 0.15) is 30.9 Å². The number of rotatable bonds is 3. The van der Waals surface area contributed by atoms with Crippen molar-refractivity contribution in [3.8, 4) is 0 Å². The number of hydrogen-bond donors (Lipinski definition) is 2. The third-order valence-corrected chi connectivity index (χ3v) is 3.19. The number of hydrazine groups is 1. The van der Waals surface area contributed by atoms with Crippen LogP contribution in [0.4, 0.5) is 0 Å². The Labute approximate surface area is 101 Å². The Morgan fingerprint density at radius 2 is 2.47 bits per heavy atom. The van der Waals surface area contributed by atoms with Gasteiger partial charge in [-0.25, -0.2) is 5.84 Å². The second kappa shape index (κ2) is 5.75. The molecule has 1 aliphatic rings. The highest BCUT2D eigenvalue weighted by Gasteiger charge is 2.25. The van der Waals surface area contributed by atoms with E-state index in [1.165, 1.54) is 12.0 Å². The van der Waals surface area contributed by atoms with Crippen LogP contribution in [-0.2, 0) is 4.79 Å². The van der Waals surface area contributed by atoms with Crippen molar-refractivity contribution in [2.75, 3.05) is 13.1 Å². The summed E-state index contributed by atoms with van der Waals surface area (Å²) in [6, 6.07) is 4.29. The second-order valence-electron chi connectivity index (χ2n) is 4.34. The molecule has 5 nitrogen and oxygen atoms in total. The van der Waals surface area contributed by atoms with Crippen LogP contribution in [0.3, 0.4) is 0 Å². The van der Waals surface area contributed by atoms with Crippen LogP contribution in [0.5, 0.6) is 0 Å². The first-order valence-corrected chi connectivity index (χ1v) is 5.94. The fourth-order valence-electron chi connectivity index (χ4n) is 2.36. The lowest BCUT2D eigenvalue weighted by atomic mass is 9.96. The number of nitrogens with one attached hydrogen (secondary N) is 1. The maximum absolute atomic E-state index is 11.4. The number of hydrogen-bond acceptors (Lipinski definition) is 4. The molecular weight excluding hydrogens is 216 g/mol. The van der Waals surface area contributed by atoms with Crippen LogP contribution >= 0.6 is 0 Å². The largest absolute Gasteiger partial charge is 0.293 e. The van der Waals surface area contributed by atoms with Gasteiger partial charge in [0.1, 0.15) is 0 Å². The van der Waals surface area contributed by atoms with Gasteiger partial charge in [0.2, 0.25) is 5.91 Å². The molecule has 0 bridgehead atoms. The first-order valence-electron chi connectivity index (χ1n) is 5.94. The summed E-state index contributed by atoms with van der Waals surface area (Å²) in [5, 5.41) is 0. The number of nitrogens with zero attached hydrogens (tertiary/aromatic N) is 2. The molecule has 1 aromatic rings. The van der Waals surface area contributed by atoms with Gasteiger partial charge in [-0.3, -0.25) is 20.1 Å². The van der Waals surface area contributed by atoms with Gasteiger partial charge in [-0.15, -0.1) is 0 Å². The third kappa shape index (κ3) is 3.01. The zero-order valence-electron chi connectivity index (χ0n) is 9.80. The number of likely N-dealkylation sites (tertiary alicyclic amines) is 1. The van der Waals surface area contributed by atoms with Crippen LogP contribution < -0.4 is 11.3 Å².